The molecule has 0 saturated heterocycles. The van der Waals surface area contributed by atoms with Gasteiger partial charge in [0.15, 0.2) is 0 Å². The molecule has 242 valence electrons. The van der Waals surface area contributed by atoms with Gasteiger partial charge in [0.05, 0.1) is 4.90 Å². The molecule has 0 bridgehead atoms. The largest absolute Gasteiger partial charge is 0.341 e. The predicted molar refractivity (Wildman–Crippen MR) is 181 cm³/mol. The van der Waals surface area contributed by atoms with Gasteiger partial charge in [0.25, 0.3) is 0 Å². The number of hydrogen-bond acceptors (Lipinski definition) is 6. The summed E-state index contributed by atoms with van der Waals surface area (Å²) in [4.78, 5) is 36.1. The molecular formula is C36H43N5O4S. The summed E-state index contributed by atoms with van der Waals surface area (Å²) in [6, 6.07) is 22.4. The number of amides is 2. The number of likely N-dealkylation sites (N-methyl/N-ethyl adjacent to an activating group) is 2. The molecule has 1 atom stereocenters. The van der Waals surface area contributed by atoms with Crippen molar-refractivity contribution in [1.29, 1.82) is 0 Å². The van der Waals surface area contributed by atoms with Gasteiger partial charge < -0.3 is 10.2 Å². The lowest BCUT2D eigenvalue weighted by Crippen LogP contribution is -2.52. The molecule has 2 heterocycles. The van der Waals surface area contributed by atoms with E-state index in [4.69, 9.17) is 0 Å². The molecule has 2 amide bonds. The van der Waals surface area contributed by atoms with E-state index in [0.717, 1.165) is 55.2 Å². The molecule has 4 rings (SSSR count). The Morgan fingerprint density at radius 3 is 1.80 bits per heavy atom. The first-order chi connectivity index (χ1) is 22.1. The quantitative estimate of drug-likeness (QED) is 0.172. The van der Waals surface area contributed by atoms with Crippen LogP contribution in [0.3, 0.4) is 0 Å². The van der Waals surface area contributed by atoms with Crippen LogP contribution in [0, 0.1) is 0 Å². The number of aromatic nitrogens is 2. The van der Waals surface area contributed by atoms with Gasteiger partial charge in [-0.1, -0.05) is 42.5 Å². The van der Waals surface area contributed by atoms with Crippen LogP contribution >= 0.6 is 0 Å². The van der Waals surface area contributed by atoms with E-state index in [1.54, 1.807) is 36.5 Å². The molecule has 0 fully saturated rings. The first kappa shape index (κ1) is 34.5. The van der Waals surface area contributed by atoms with E-state index in [1.807, 2.05) is 54.9 Å². The van der Waals surface area contributed by atoms with Crippen molar-refractivity contribution in [3.05, 3.63) is 120 Å². The Labute approximate surface area is 272 Å². The standard InChI is InChI=1S/C36H43N5O4S/c1-28(42)39-32-19-21-34(22-20-32)46(44,45)41(3)35(25-29-11-5-4-6-12-29)36(43)40(2)33(17-7-13-30-15-9-23-37-26-30)18-8-14-31-16-10-24-38-27-31/h4-6,9-12,15-16,19-24,26-27,33,35H,7-8,13-14,17-18,25H2,1-3H3,(H,39,42)/t35-/m0/s1. The van der Waals surface area contributed by atoms with Crippen molar-refractivity contribution in [2.24, 2.45) is 0 Å². The van der Waals surface area contributed by atoms with Gasteiger partial charge in [-0.2, -0.15) is 4.31 Å². The summed E-state index contributed by atoms with van der Waals surface area (Å²) in [6.07, 6.45) is 12.4. The maximum atomic E-state index is 14.4. The molecule has 0 radical (unpaired) electrons. The first-order valence-corrected chi connectivity index (χ1v) is 17.0. The molecule has 0 spiro atoms. The van der Waals surface area contributed by atoms with Crippen molar-refractivity contribution < 1.29 is 18.0 Å². The number of pyridine rings is 2. The zero-order valence-electron chi connectivity index (χ0n) is 26.7. The summed E-state index contributed by atoms with van der Waals surface area (Å²) in [5.74, 6) is -0.503. The van der Waals surface area contributed by atoms with Crippen molar-refractivity contribution >= 4 is 27.5 Å². The number of carbonyl (C=O) groups excluding carboxylic acids is 2. The fourth-order valence-electron chi connectivity index (χ4n) is 5.58. The lowest BCUT2D eigenvalue weighted by Gasteiger charge is -2.35. The topological polar surface area (TPSA) is 113 Å². The van der Waals surface area contributed by atoms with Crippen LogP contribution in [0.5, 0.6) is 0 Å². The summed E-state index contributed by atoms with van der Waals surface area (Å²) in [5, 5.41) is 2.65. The average molecular weight is 642 g/mol. The van der Waals surface area contributed by atoms with E-state index in [0.29, 0.717) is 5.69 Å². The van der Waals surface area contributed by atoms with Crippen LogP contribution in [0.2, 0.25) is 0 Å². The van der Waals surface area contributed by atoms with Gasteiger partial charge in [-0.05, 0) is 98.0 Å². The van der Waals surface area contributed by atoms with Gasteiger partial charge in [0.1, 0.15) is 6.04 Å². The zero-order valence-corrected chi connectivity index (χ0v) is 27.6. The molecule has 9 nitrogen and oxygen atoms in total. The molecule has 0 unspecified atom stereocenters. The second-order valence-corrected chi connectivity index (χ2v) is 13.5. The molecule has 2 aromatic carbocycles. The van der Waals surface area contributed by atoms with Crippen LogP contribution < -0.4 is 5.32 Å². The summed E-state index contributed by atoms with van der Waals surface area (Å²) in [7, 11) is -0.793. The second kappa shape index (κ2) is 16.8. The molecular weight excluding hydrogens is 598 g/mol. The smallest absolute Gasteiger partial charge is 0.243 e. The Morgan fingerprint density at radius 2 is 1.30 bits per heavy atom. The minimum Gasteiger partial charge on any atom is -0.341 e. The molecule has 0 aliphatic heterocycles. The highest BCUT2D eigenvalue weighted by Gasteiger charge is 2.36. The van der Waals surface area contributed by atoms with Gasteiger partial charge in [0.2, 0.25) is 21.8 Å². The summed E-state index contributed by atoms with van der Waals surface area (Å²) in [5.41, 5.74) is 3.64. The van der Waals surface area contributed by atoms with Gasteiger partial charge >= 0.3 is 0 Å². The van der Waals surface area contributed by atoms with Gasteiger partial charge in [-0.3, -0.25) is 19.6 Å². The first-order valence-electron chi connectivity index (χ1n) is 15.6. The Kier molecular flexibility index (Phi) is 12.6. The van der Waals surface area contributed by atoms with Gasteiger partial charge in [-0.25, -0.2) is 8.42 Å². The number of sulfonamides is 1. The van der Waals surface area contributed by atoms with Crippen molar-refractivity contribution in [3.8, 4) is 0 Å². The number of anilines is 1. The Bertz CT molecular complexity index is 1590. The van der Waals surface area contributed by atoms with Crippen LogP contribution in [-0.4, -0.2) is 65.6 Å². The van der Waals surface area contributed by atoms with Crippen molar-refractivity contribution in [1.82, 2.24) is 19.2 Å². The SMILES string of the molecule is CC(=O)Nc1ccc(S(=O)(=O)N(C)[C@@H](Cc2ccccc2)C(=O)N(C)C(CCCc2cccnc2)CCCc2cccnc2)cc1. The number of benzene rings is 2. The number of rotatable bonds is 16. The summed E-state index contributed by atoms with van der Waals surface area (Å²) in [6.45, 7) is 1.39. The normalized spacial score (nSPS) is 12.2. The third-order valence-electron chi connectivity index (χ3n) is 8.19. The molecule has 0 aliphatic carbocycles. The van der Waals surface area contributed by atoms with E-state index in [2.05, 4.69) is 27.4 Å². The van der Waals surface area contributed by atoms with Crippen molar-refractivity contribution in [2.75, 3.05) is 19.4 Å². The summed E-state index contributed by atoms with van der Waals surface area (Å²) >= 11 is 0. The van der Waals surface area contributed by atoms with E-state index >= 15 is 0 Å². The third-order valence-corrected chi connectivity index (χ3v) is 10.1. The minimum atomic E-state index is -4.05. The predicted octanol–water partition coefficient (Wildman–Crippen LogP) is 5.54. The number of hydrogen-bond donors (Lipinski definition) is 1. The highest BCUT2D eigenvalue weighted by atomic mass is 32.2. The van der Waals surface area contributed by atoms with Crippen LogP contribution in [-0.2, 0) is 38.9 Å². The Morgan fingerprint density at radius 1 is 0.761 bits per heavy atom. The van der Waals surface area contributed by atoms with Crippen LogP contribution in [0.4, 0.5) is 5.69 Å². The zero-order chi connectivity index (χ0) is 32.9. The number of carbonyl (C=O) groups is 2. The number of aryl methyl sites for hydroxylation is 2. The van der Waals surface area contributed by atoms with E-state index in [1.165, 1.54) is 30.4 Å². The van der Waals surface area contributed by atoms with Crippen molar-refractivity contribution in [3.63, 3.8) is 0 Å². The fourth-order valence-corrected chi connectivity index (χ4v) is 6.89. The van der Waals surface area contributed by atoms with E-state index in [-0.39, 0.29) is 29.2 Å². The maximum Gasteiger partial charge on any atom is 0.243 e. The lowest BCUT2D eigenvalue weighted by atomic mass is 9.97. The van der Waals surface area contributed by atoms with E-state index in [9.17, 15) is 18.0 Å². The second-order valence-electron chi connectivity index (χ2n) is 11.5. The van der Waals surface area contributed by atoms with Crippen LogP contribution in [0.25, 0.3) is 0 Å². The van der Waals surface area contributed by atoms with Gasteiger partial charge in [0, 0.05) is 57.5 Å². The minimum absolute atomic E-state index is 0.0436. The monoisotopic (exact) mass is 641 g/mol. The van der Waals surface area contributed by atoms with Crippen LogP contribution in [0.15, 0.2) is 109 Å². The highest BCUT2D eigenvalue weighted by Crippen LogP contribution is 2.24. The average Bonchev–Trinajstić information content (AvgIpc) is 3.07. The maximum absolute atomic E-state index is 14.4. The molecule has 0 saturated carbocycles. The molecule has 10 heteroatoms. The van der Waals surface area contributed by atoms with Crippen molar-refractivity contribution in [2.45, 2.75) is 68.8 Å². The molecule has 4 aromatic rings. The summed E-state index contributed by atoms with van der Waals surface area (Å²) < 4.78 is 29.0. The van der Waals surface area contributed by atoms with Gasteiger partial charge in [-0.15, -0.1) is 0 Å². The number of nitrogens with zero attached hydrogens (tertiary/aromatic N) is 4. The number of nitrogens with one attached hydrogen (secondary N) is 1. The molecule has 1 N–H and O–H groups in total. The molecule has 0 aliphatic rings. The third kappa shape index (κ3) is 9.79. The fraction of sp³-hybridized carbons (Fsp3) is 0.333. The molecule has 2 aromatic heterocycles. The molecule has 46 heavy (non-hydrogen) atoms. The van der Waals surface area contributed by atoms with E-state index < -0.39 is 16.1 Å². The lowest BCUT2D eigenvalue weighted by molar-refractivity contribution is -0.136. The van der Waals surface area contributed by atoms with Crippen LogP contribution in [0.1, 0.15) is 49.3 Å². The Balaban J connectivity index is 1.57. The Hall–Kier alpha value is -4.41. The highest BCUT2D eigenvalue weighted by molar-refractivity contribution is 7.89.